The van der Waals surface area contributed by atoms with E-state index in [-0.39, 0.29) is 29.9 Å². The Labute approximate surface area is 179 Å². The largest absolute Gasteiger partial charge is 0.459 e. The number of nitrogens with one attached hydrogen (secondary N) is 2. The third-order valence-corrected chi connectivity index (χ3v) is 5.94. The normalized spacial score (nSPS) is 11.8. The van der Waals surface area contributed by atoms with E-state index >= 15 is 0 Å². The summed E-state index contributed by atoms with van der Waals surface area (Å²) in [7, 11) is 0. The molecule has 0 bridgehead atoms. The van der Waals surface area contributed by atoms with E-state index in [1.54, 1.807) is 29.6 Å². The van der Waals surface area contributed by atoms with Gasteiger partial charge in [0, 0.05) is 10.3 Å². The Morgan fingerprint density at radius 1 is 1.10 bits per heavy atom. The van der Waals surface area contributed by atoms with Crippen molar-refractivity contribution in [2.75, 3.05) is 5.32 Å². The van der Waals surface area contributed by atoms with Crippen LogP contribution in [0.25, 0.3) is 0 Å². The highest BCUT2D eigenvalue weighted by Crippen LogP contribution is 2.26. The number of nitrogens with zero attached hydrogens (tertiary/aromatic N) is 1. The highest BCUT2D eigenvalue weighted by atomic mass is 32.1. The SMILES string of the molecule is O=C(Cc1csc(NC(=O)c2ccco2)n1)N[C@H](c1ccc(F)cc1)c1cccs1. The summed E-state index contributed by atoms with van der Waals surface area (Å²) in [5.41, 5.74) is 1.33. The molecule has 0 aliphatic rings. The molecule has 2 N–H and O–H groups in total. The van der Waals surface area contributed by atoms with Crippen molar-refractivity contribution in [1.29, 1.82) is 0 Å². The van der Waals surface area contributed by atoms with E-state index in [2.05, 4.69) is 15.6 Å². The first-order chi connectivity index (χ1) is 14.6. The van der Waals surface area contributed by atoms with Gasteiger partial charge in [-0.15, -0.1) is 22.7 Å². The predicted octanol–water partition coefficient (Wildman–Crippen LogP) is 4.64. The molecule has 6 nitrogen and oxygen atoms in total. The standard InChI is InChI=1S/C21H16FN3O3S2/c22-14-7-5-13(6-8-14)19(17-4-2-10-29-17)24-18(26)11-15-12-30-21(23-15)25-20(27)16-3-1-9-28-16/h1-10,12,19H,11H2,(H,24,26)(H,23,25,27)/t19-/m1/s1. The van der Waals surface area contributed by atoms with Gasteiger partial charge in [-0.2, -0.15) is 0 Å². The highest BCUT2D eigenvalue weighted by molar-refractivity contribution is 7.14. The van der Waals surface area contributed by atoms with Crippen molar-refractivity contribution >= 4 is 39.6 Å². The number of furan rings is 1. The average molecular weight is 442 g/mol. The third kappa shape index (κ3) is 4.81. The van der Waals surface area contributed by atoms with Crippen LogP contribution >= 0.6 is 22.7 Å². The predicted molar refractivity (Wildman–Crippen MR) is 113 cm³/mol. The number of hydrogen-bond donors (Lipinski definition) is 2. The van der Waals surface area contributed by atoms with Crippen LogP contribution in [0.5, 0.6) is 0 Å². The van der Waals surface area contributed by atoms with E-state index in [0.717, 1.165) is 10.4 Å². The lowest BCUT2D eigenvalue weighted by Crippen LogP contribution is -2.30. The Balaban J connectivity index is 1.42. The van der Waals surface area contributed by atoms with E-state index in [1.807, 2.05) is 17.5 Å². The van der Waals surface area contributed by atoms with Crippen LogP contribution in [-0.2, 0) is 11.2 Å². The van der Waals surface area contributed by atoms with Crippen molar-refractivity contribution in [3.8, 4) is 0 Å². The molecule has 0 saturated carbocycles. The van der Waals surface area contributed by atoms with Crippen LogP contribution in [-0.4, -0.2) is 16.8 Å². The fourth-order valence-electron chi connectivity index (χ4n) is 2.82. The second-order valence-corrected chi connectivity index (χ2v) is 8.16. The molecule has 0 radical (unpaired) electrons. The van der Waals surface area contributed by atoms with Crippen molar-refractivity contribution in [3.05, 3.63) is 93.3 Å². The zero-order chi connectivity index (χ0) is 20.9. The maximum Gasteiger partial charge on any atom is 0.293 e. The van der Waals surface area contributed by atoms with Crippen LogP contribution in [0.3, 0.4) is 0 Å². The topological polar surface area (TPSA) is 84.2 Å². The molecule has 0 spiro atoms. The van der Waals surface area contributed by atoms with Crippen molar-refractivity contribution in [1.82, 2.24) is 10.3 Å². The molecule has 0 aliphatic carbocycles. The van der Waals surface area contributed by atoms with Crippen molar-refractivity contribution < 1.29 is 18.4 Å². The summed E-state index contributed by atoms with van der Waals surface area (Å²) in [5.74, 6) is -0.782. The number of thiazole rings is 1. The summed E-state index contributed by atoms with van der Waals surface area (Å²) in [6, 6.07) is 12.7. The van der Waals surface area contributed by atoms with E-state index in [0.29, 0.717) is 10.8 Å². The smallest absolute Gasteiger partial charge is 0.293 e. The number of anilines is 1. The van der Waals surface area contributed by atoms with Gasteiger partial charge >= 0.3 is 0 Å². The van der Waals surface area contributed by atoms with E-state index in [4.69, 9.17) is 4.42 Å². The van der Waals surface area contributed by atoms with Crippen molar-refractivity contribution in [3.63, 3.8) is 0 Å². The zero-order valence-electron chi connectivity index (χ0n) is 15.5. The summed E-state index contributed by atoms with van der Waals surface area (Å²) >= 11 is 2.74. The molecule has 9 heteroatoms. The number of benzene rings is 1. The van der Waals surface area contributed by atoms with Gasteiger partial charge in [0.25, 0.3) is 5.91 Å². The summed E-state index contributed by atoms with van der Waals surface area (Å²) < 4.78 is 18.3. The Kier molecular flexibility index (Phi) is 6.01. The monoisotopic (exact) mass is 441 g/mol. The lowest BCUT2D eigenvalue weighted by molar-refractivity contribution is -0.121. The molecule has 4 rings (SSSR count). The molecular formula is C21H16FN3O3S2. The van der Waals surface area contributed by atoms with Crippen molar-refractivity contribution in [2.24, 2.45) is 0 Å². The Bertz CT molecular complexity index is 1120. The lowest BCUT2D eigenvalue weighted by atomic mass is 10.0. The number of carbonyl (C=O) groups excluding carboxylic acids is 2. The number of hydrogen-bond acceptors (Lipinski definition) is 6. The molecule has 0 fully saturated rings. The lowest BCUT2D eigenvalue weighted by Gasteiger charge is -2.18. The van der Waals surface area contributed by atoms with Crippen LogP contribution in [0.15, 0.2) is 70.0 Å². The molecule has 0 unspecified atom stereocenters. The van der Waals surface area contributed by atoms with E-state index in [1.165, 1.54) is 41.1 Å². The number of thiophene rings is 1. The van der Waals surface area contributed by atoms with Gasteiger partial charge in [-0.1, -0.05) is 18.2 Å². The second kappa shape index (κ2) is 9.02. The summed E-state index contributed by atoms with van der Waals surface area (Å²) in [6.07, 6.45) is 1.47. The first-order valence-corrected chi connectivity index (χ1v) is 10.7. The molecule has 30 heavy (non-hydrogen) atoms. The minimum Gasteiger partial charge on any atom is -0.459 e. The van der Waals surface area contributed by atoms with Crippen LogP contribution in [0.4, 0.5) is 9.52 Å². The second-order valence-electron chi connectivity index (χ2n) is 6.32. The van der Waals surface area contributed by atoms with Gasteiger partial charge in [0.15, 0.2) is 10.9 Å². The molecule has 2 amide bonds. The maximum atomic E-state index is 13.3. The average Bonchev–Trinajstić information content (AvgIpc) is 3.50. The minimum atomic E-state index is -0.403. The van der Waals surface area contributed by atoms with E-state index in [9.17, 15) is 14.0 Å². The summed E-state index contributed by atoms with van der Waals surface area (Å²) in [6.45, 7) is 0. The number of carbonyl (C=O) groups is 2. The molecular weight excluding hydrogens is 425 g/mol. The number of amides is 2. The first-order valence-electron chi connectivity index (χ1n) is 8.96. The summed E-state index contributed by atoms with van der Waals surface area (Å²) in [5, 5.41) is 9.65. The van der Waals surface area contributed by atoms with Gasteiger partial charge in [0.2, 0.25) is 5.91 Å². The van der Waals surface area contributed by atoms with Gasteiger partial charge in [0.1, 0.15) is 5.82 Å². The molecule has 4 aromatic rings. The Morgan fingerprint density at radius 2 is 1.93 bits per heavy atom. The molecule has 152 valence electrons. The maximum absolute atomic E-state index is 13.3. The van der Waals surface area contributed by atoms with Crippen molar-refractivity contribution in [2.45, 2.75) is 12.5 Å². The van der Waals surface area contributed by atoms with Crippen LogP contribution < -0.4 is 10.6 Å². The number of halogens is 1. The zero-order valence-corrected chi connectivity index (χ0v) is 17.1. The Hall–Kier alpha value is -3.30. The molecule has 1 aromatic carbocycles. The Morgan fingerprint density at radius 3 is 2.63 bits per heavy atom. The highest BCUT2D eigenvalue weighted by Gasteiger charge is 2.19. The minimum absolute atomic E-state index is 0.0518. The molecule has 3 heterocycles. The third-order valence-electron chi connectivity index (χ3n) is 4.20. The number of aromatic nitrogens is 1. The van der Waals surface area contributed by atoms with Gasteiger partial charge in [-0.25, -0.2) is 9.37 Å². The fourth-order valence-corrected chi connectivity index (χ4v) is 4.33. The first kappa shape index (κ1) is 20.0. The van der Waals surface area contributed by atoms with Gasteiger partial charge < -0.3 is 9.73 Å². The molecule has 0 aliphatic heterocycles. The molecule has 0 saturated heterocycles. The van der Waals surface area contributed by atoms with Crippen LogP contribution in [0, 0.1) is 5.82 Å². The number of rotatable bonds is 7. The van der Waals surface area contributed by atoms with Crippen LogP contribution in [0.1, 0.15) is 32.7 Å². The van der Waals surface area contributed by atoms with Gasteiger partial charge in [-0.05, 0) is 41.3 Å². The quantitative estimate of drug-likeness (QED) is 0.438. The van der Waals surface area contributed by atoms with Gasteiger partial charge in [-0.3, -0.25) is 14.9 Å². The van der Waals surface area contributed by atoms with Gasteiger partial charge in [0.05, 0.1) is 24.4 Å². The molecule has 1 atom stereocenters. The fraction of sp³-hybridized carbons (Fsp3) is 0.0952. The molecule has 3 aromatic heterocycles. The summed E-state index contributed by atoms with van der Waals surface area (Å²) in [4.78, 5) is 29.9. The van der Waals surface area contributed by atoms with Crippen LogP contribution in [0.2, 0.25) is 0 Å². The van der Waals surface area contributed by atoms with E-state index < -0.39 is 5.91 Å².